The molecule has 5 heteroatoms. The molecule has 2 rings (SSSR count). The van der Waals surface area contributed by atoms with Crippen LogP contribution >= 0.6 is 22.9 Å². The van der Waals surface area contributed by atoms with E-state index >= 15 is 0 Å². The monoisotopic (exact) mass is 307 g/mol. The maximum atomic E-state index is 12.1. The summed E-state index contributed by atoms with van der Waals surface area (Å²) in [5.74, 6) is -0.233. The molecule has 1 aromatic carbocycles. The molecule has 20 heavy (non-hydrogen) atoms. The number of hydrogen-bond donors (Lipinski definition) is 1. The van der Waals surface area contributed by atoms with E-state index in [4.69, 9.17) is 11.6 Å². The van der Waals surface area contributed by atoms with E-state index in [1.54, 1.807) is 18.2 Å². The van der Waals surface area contributed by atoms with Crippen molar-refractivity contribution in [1.29, 1.82) is 0 Å². The lowest BCUT2D eigenvalue weighted by atomic mass is 10.1. The molecule has 1 aromatic heterocycles. The van der Waals surface area contributed by atoms with Gasteiger partial charge in [-0.25, -0.2) is 0 Å². The normalized spacial score (nSPS) is 11.9. The van der Waals surface area contributed by atoms with Crippen LogP contribution in [0.3, 0.4) is 0 Å². The molecule has 0 aliphatic heterocycles. The number of rotatable bonds is 4. The highest BCUT2D eigenvalue weighted by Crippen LogP contribution is 2.23. The number of benzene rings is 1. The highest BCUT2D eigenvalue weighted by Gasteiger charge is 2.16. The zero-order valence-corrected chi connectivity index (χ0v) is 12.7. The largest absolute Gasteiger partial charge is 0.345 e. The Hall–Kier alpha value is -1.65. The first-order valence-corrected chi connectivity index (χ1v) is 7.34. The summed E-state index contributed by atoms with van der Waals surface area (Å²) in [5, 5.41) is 3.50. The first-order chi connectivity index (χ1) is 9.49. The van der Waals surface area contributed by atoms with Crippen LogP contribution in [0.1, 0.15) is 44.8 Å². The molecule has 0 aliphatic carbocycles. The minimum absolute atomic E-state index is 0.0341. The van der Waals surface area contributed by atoms with Crippen LogP contribution in [0.5, 0.6) is 0 Å². The predicted molar refractivity (Wildman–Crippen MR) is 81.7 cm³/mol. The zero-order valence-electron chi connectivity index (χ0n) is 11.1. The van der Waals surface area contributed by atoms with Crippen LogP contribution in [0, 0.1) is 0 Å². The molecule has 1 atom stereocenters. The molecule has 0 aliphatic rings. The fourth-order valence-electron chi connectivity index (χ4n) is 1.82. The van der Waals surface area contributed by atoms with Gasteiger partial charge in [0.05, 0.1) is 15.8 Å². The number of carbonyl (C=O) groups is 2. The lowest BCUT2D eigenvalue weighted by Crippen LogP contribution is -2.26. The fraction of sp³-hybridized carbons (Fsp3) is 0.200. The maximum Gasteiger partial charge on any atom is 0.261 e. The molecular formula is C15H14ClNO2S. The first kappa shape index (κ1) is 14.8. The van der Waals surface area contributed by atoms with Crippen molar-refractivity contribution in [2.45, 2.75) is 19.9 Å². The van der Waals surface area contributed by atoms with E-state index in [9.17, 15) is 9.59 Å². The summed E-state index contributed by atoms with van der Waals surface area (Å²) in [4.78, 5) is 24.5. The van der Waals surface area contributed by atoms with E-state index in [2.05, 4.69) is 5.32 Å². The molecule has 1 heterocycles. The van der Waals surface area contributed by atoms with Gasteiger partial charge in [-0.1, -0.05) is 29.8 Å². The summed E-state index contributed by atoms with van der Waals surface area (Å²) in [6.45, 7) is 3.36. The molecule has 2 aromatic rings. The third-order valence-corrected chi connectivity index (χ3v) is 4.43. The summed E-state index contributed by atoms with van der Waals surface area (Å²) >= 11 is 7.30. The van der Waals surface area contributed by atoms with Crippen LogP contribution in [0.2, 0.25) is 5.02 Å². The Morgan fingerprint density at radius 2 is 1.80 bits per heavy atom. The highest BCUT2D eigenvalue weighted by atomic mass is 35.5. The van der Waals surface area contributed by atoms with E-state index < -0.39 is 0 Å². The Labute approximate surface area is 126 Å². The van der Waals surface area contributed by atoms with Gasteiger partial charge in [0.2, 0.25) is 0 Å². The number of Topliss-reactive ketones (excluding diaryl/α,β-unsaturated/α-hetero) is 1. The first-order valence-electron chi connectivity index (χ1n) is 6.15. The second-order valence-corrected chi connectivity index (χ2v) is 5.93. The minimum atomic E-state index is -0.199. The van der Waals surface area contributed by atoms with Gasteiger partial charge < -0.3 is 5.32 Å². The van der Waals surface area contributed by atoms with Gasteiger partial charge in [-0.3, -0.25) is 9.59 Å². The Kier molecular flexibility index (Phi) is 4.57. The zero-order chi connectivity index (χ0) is 14.7. The standard InChI is InChI=1S/C15H14ClNO2S/c1-9(11-5-3-4-6-12(11)16)17-15(19)14-8-7-13(20-14)10(2)18/h3-9H,1-2H3,(H,17,19). The van der Waals surface area contributed by atoms with Gasteiger partial charge in [-0.2, -0.15) is 0 Å². The van der Waals surface area contributed by atoms with Gasteiger partial charge in [0.25, 0.3) is 5.91 Å². The lowest BCUT2D eigenvalue weighted by molar-refractivity contribution is 0.0943. The van der Waals surface area contributed by atoms with Crippen molar-refractivity contribution >= 4 is 34.6 Å². The molecule has 0 spiro atoms. The van der Waals surface area contributed by atoms with Crippen molar-refractivity contribution in [2.24, 2.45) is 0 Å². The number of amides is 1. The van der Waals surface area contributed by atoms with Crippen molar-refractivity contribution < 1.29 is 9.59 Å². The molecule has 0 radical (unpaired) electrons. The second-order valence-electron chi connectivity index (χ2n) is 4.44. The van der Waals surface area contributed by atoms with Crippen LogP contribution in [0.25, 0.3) is 0 Å². The molecule has 0 bridgehead atoms. The van der Waals surface area contributed by atoms with E-state index in [1.807, 2.05) is 25.1 Å². The van der Waals surface area contributed by atoms with Crippen molar-refractivity contribution in [3.8, 4) is 0 Å². The summed E-state index contributed by atoms with van der Waals surface area (Å²) in [5.41, 5.74) is 0.867. The Bertz CT molecular complexity index is 651. The van der Waals surface area contributed by atoms with Gasteiger partial charge in [0.1, 0.15) is 0 Å². The lowest BCUT2D eigenvalue weighted by Gasteiger charge is -2.15. The Morgan fingerprint density at radius 1 is 1.15 bits per heavy atom. The molecule has 1 amide bonds. The second kappa shape index (κ2) is 6.20. The van der Waals surface area contributed by atoms with Crippen molar-refractivity contribution in [3.63, 3.8) is 0 Å². The fourth-order valence-corrected chi connectivity index (χ4v) is 2.92. The van der Waals surface area contributed by atoms with E-state index in [1.165, 1.54) is 18.3 Å². The smallest absolute Gasteiger partial charge is 0.261 e. The van der Waals surface area contributed by atoms with Crippen LogP contribution in [0.15, 0.2) is 36.4 Å². The quantitative estimate of drug-likeness (QED) is 0.865. The summed E-state index contributed by atoms with van der Waals surface area (Å²) in [6, 6.07) is 10.5. The summed E-state index contributed by atoms with van der Waals surface area (Å²) in [7, 11) is 0. The molecular weight excluding hydrogens is 294 g/mol. The molecule has 1 unspecified atom stereocenters. The third kappa shape index (κ3) is 3.26. The number of carbonyl (C=O) groups excluding carboxylic acids is 2. The van der Waals surface area contributed by atoms with Crippen LogP contribution in [-0.2, 0) is 0 Å². The highest BCUT2D eigenvalue weighted by molar-refractivity contribution is 7.15. The van der Waals surface area contributed by atoms with Gasteiger partial charge >= 0.3 is 0 Å². The van der Waals surface area contributed by atoms with Gasteiger partial charge in [-0.05, 0) is 37.6 Å². The Balaban J connectivity index is 2.11. The van der Waals surface area contributed by atoms with Crippen LogP contribution < -0.4 is 5.32 Å². The third-order valence-electron chi connectivity index (χ3n) is 2.90. The molecule has 3 nitrogen and oxygen atoms in total. The average molecular weight is 308 g/mol. The predicted octanol–water partition coefficient (Wildman–Crippen LogP) is 4.10. The molecule has 0 saturated carbocycles. The number of halogens is 1. The van der Waals surface area contributed by atoms with E-state index in [0.717, 1.165) is 5.56 Å². The topological polar surface area (TPSA) is 46.2 Å². The van der Waals surface area contributed by atoms with Crippen molar-refractivity contribution in [3.05, 3.63) is 56.7 Å². The van der Waals surface area contributed by atoms with E-state index in [0.29, 0.717) is 14.8 Å². The molecule has 104 valence electrons. The van der Waals surface area contributed by atoms with Crippen molar-refractivity contribution in [2.75, 3.05) is 0 Å². The van der Waals surface area contributed by atoms with Gasteiger partial charge in [0.15, 0.2) is 5.78 Å². The number of hydrogen-bond acceptors (Lipinski definition) is 3. The number of thiophene rings is 1. The molecule has 0 fully saturated rings. The minimum Gasteiger partial charge on any atom is -0.345 e. The average Bonchev–Trinajstić information content (AvgIpc) is 2.88. The number of nitrogens with one attached hydrogen (secondary N) is 1. The van der Waals surface area contributed by atoms with Crippen LogP contribution in [-0.4, -0.2) is 11.7 Å². The SMILES string of the molecule is CC(=O)c1ccc(C(=O)NC(C)c2ccccc2Cl)s1. The van der Waals surface area contributed by atoms with Gasteiger partial charge in [0, 0.05) is 5.02 Å². The Morgan fingerprint density at radius 3 is 2.40 bits per heavy atom. The van der Waals surface area contributed by atoms with Crippen molar-refractivity contribution in [1.82, 2.24) is 5.32 Å². The van der Waals surface area contributed by atoms with Gasteiger partial charge in [-0.15, -0.1) is 11.3 Å². The summed E-state index contributed by atoms with van der Waals surface area (Å²) < 4.78 is 0. The molecule has 0 saturated heterocycles. The van der Waals surface area contributed by atoms with E-state index in [-0.39, 0.29) is 17.7 Å². The number of ketones is 1. The maximum absolute atomic E-state index is 12.1. The van der Waals surface area contributed by atoms with Crippen LogP contribution in [0.4, 0.5) is 0 Å². The molecule has 1 N–H and O–H groups in total. The summed E-state index contributed by atoms with van der Waals surface area (Å²) in [6.07, 6.45) is 0.